The maximum Gasteiger partial charge on any atom is 0.341 e. The zero-order chi connectivity index (χ0) is 13.4. The summed E-state index contributed by atoms with van der Waals surface area (Å²) in [7, 11) is 1.21. The molecule has 0 unspecified atom stereocenters. The number of carboxylic acids is 1. The molecule has 0 amide bonds. The van der Waals surface area contributed by atoms with Crippen LogP contribution >= 0.6 is 0 Å². The van der Waals surface area contributed by atoms with Gasteiger partial charge in [-0.1, -0.05) is 0 Å². The van der Waals surface area contributed by atoms with Gasteiger partial charge in [0, 0.05) is 6.07 Å². The Balaban J connectivity index is 2.99. The van der Waals surface area contributed by atoms with E-state index in [2.05, 4.69) is 0 Å². The zero-order valence-corrected chi connectivity index (χ0v) is 9.11. The number of halogens is 2. The number of aromatic carboxylic acids is 1. The van der Waals surface area contributed by atoms with Crippen LogP contribution in [0.1, 0.15) is 10.4 Å². The number of hydrogen-bond acceptors (Lipinski definition) is 3. The van der Waals surface area contributed by atoms with Crippen molar-refractivity contribution in [3.8, 4) is 0 Å². The van der Waals surface area contributed by atoms with Crippen LogP contribution in [-0.2, 0) is 0 Å². The highest BCUT2D eigenvalue weighted by molar-refractivity contribution is 5.92. The lowest BCUT2D eigenvalue weighted by molar-refractivity contribution is 0.0691. The van der Waals surface area contributed by atoms with E-state index in [0.29, 0.717) is 6.07 Å². The Labute approximate surface area is 98.8 Å². The molecule has 1 N–H and O–H groups in total. The van der Waals surface area contributed by atoms with E-state index >= 15 is 0 Å². The SMILES string of the molecule is COn1cc(C(=O)O)c(=O)c2cc(F)c(F)cc21. The molecule has 94 valence electrons. The van der Waals surface area contributed by atoms with Gasteiger partial charge >= 0.3 is 5.97 Å². The van der Waals surface area contributed by atoms with Gasteiger partial charge < -0.3 is 9.94 Å². The Morgan fingerprint density at radius 1 is 1.33 bits per heavy atom. The number of aromatic nitrogens is 1. The fourth-order valence-electron chi connectivity index (χ4n) is 1.59. The lowest BCUT2D eigenvalue weighted by Crippen LogP contribution is -2.21. The van der Waals surface area contributed by atoms with Gasteiger partial charge in [0.15, 0.2) is 11.6 Å². The third kappa shape index (κ3) is 1.69. The molecule has 0 spiro atoms. The topological polar surface area (TPSA) is 68.5 Å². The number of fused-ring (bicyclic) bond motifs is 1. The highest BCUT2D eigenvalue weighted by Gasteiger charge is 2.17. The van der Waals surface area contributed by atoms with Gasteiger partial charge in [-0.2, -0.15) is 4.73 Å². The Kier molecular flexibility index (Phi) is 2.74. The minimum Gasteiger partial charge on any atom is -0.477 e. The first-order valence-electron chi connectivity index (χ1n) is 4.78. The van der Waals surface area contributed by atoms with E-state index < -0.39 is 28.6 Å². The summed E-state index contributed by atoms with van der Waals surface area (Å²) in [4.78, 5) is 27.4. The molecule has 7 heteroatoms. The van der Waals surface area contributed by atoms with Gasteiger partial charge in [-0.05, 0) is 6.07 Å². The number of nitrogens with zero attached hydrogens (tertiary/aromatic N) is 1. The zero-order valence-electron chi connectivity index (χ0n) is 9.11. The number of rotatable bonds is 2. The minimum atomic E-state index is -1.47. The predicted octanol–water partition coefficient (Wildman–Crippen LogP) is 1.04. The van der Waals surface area contributed by atoms with E-state index in [1.165, 1.54) is 7.11 Å². The van der Waals surface area contributed by atoms with Gasteiger partial charge in [0.25, 0.3) is 0 Å². The van der Waals surface area contributed by atoms with Crippen molar-refractivity contribution in [3.05, 3.63) is 45.8 Å². The second-order valence-electron chi connectivity index (χ2n) is 3.47. The highest BCUT2D eigenvalue weighted by Crippen LogP contribution is 2.16. The summed E-state index contributed by atoms with van der Waals surface area (Å²) in [6.07, 6.45) is 0.907. The van der Waals surface area contributed by atoms with Crippen molar-refractivity contribution >= 4 is 16.9 Å². The molecule has 0 fully saturated rings. The Hall–Kier alpha value is -2.44. The molecular weight excluding hydrogens is 248 g/mol. The summed E-state index contributed by atoms with van der Waals surface area (Å²) in [5, 5.41) is 8.56. The van der Waals surface area contributed by atoms with Crippen LogP contribution in [0.2, 0.25) is 0 Å². The van der Waals surface area contributed by atoms with Crippen LogP contribution in [-0.4, -0.2) is 22.9 Å². The van der Waals surface area contributed by atoms with Gasteiger partial charge in [-0.25, -0.2) is 13.6 Å². The van der Waals surface area contributed by atoms with E-state index in [1.807, 2.05) is 0 Å². The van der Waals surface area contributed by atoms with Crippen molar-refractivity contribution < 1.29 is 23.5 Å². The van der Waals surface area contributed by atoms with Crippen molar-refractivity contribution in [3.63, 3.8) is 0 Å². The average molecular weight is 255 g/mol. The standard InChI is InChI=1S/C11H7F2NO4/c1-18-14-4-6(11(16)17)10(15)5-2-7(12)8(13)3-9(5)14/h2-4H,1H3,(H,16,17). The Bertz CT molecular complexity index is 708. The Morgan fingerprint density at radius 3 is 2.50 bits per heavy atom. The molecule has 0 aliphatic heterocycles. The number of benzene rings is 1. The third-order valence-electron chi connectivity index (χ3n) is 2.44. The van der Waals surface area contributed by atoms with Crippen LogP contribution in [0.25, 0.3) is 10.9 Å². The molecule has 5 nitrogen and oxygen atoms in total. The number of carbonyl (C=O) groups is 1. The van der Waals surface area contributed by atoms with Crippen LogP contribution < -0.4 is 10.3 Å². The summed E-state index contributed by atoms with van der Waals surface area (Å²) in [6.45, 7) is 0. The smallest absolute Gasteiger partial charge is 0.341 e. The normalized spacial score (nSPS) is 10.6. The molecule has 0 bridgehead atoms. The van der Waals surface area contributed by atoms with E-state index in [4.69, 9.17) is 9.94 Å². The van der Waals surface area contributed by atoms with Crippen molar-refractivity contribution in [2.45, 2.75) is 0 Å². The number of carboxylic acid groups (broad SMARTS) is 1. The summed E-state index contributed by atoms with van der Waals surface area (Å²) in [5.74, 6) is -3.86. The molecule has 1 heterocycles. The molecule has 1 aromatic heterocycles. The van der Waals surface area contributed by atoms with Gasteiger partial charge in [-0.15, -0.1) is 0 Å². The quantitative estimate of drug-likeness (QED) is 0.870. The van der Waals surface area contributed by atoms with Crippen molar-refractivity contribution in [1.82, 2.24) is 4.73 Å². The molecule has 0 saturated carbocycles. The molecule has 18 heavy (non-hydrogen) atoms. The molecule has 0 aliphatic carbocycles. The summed E-state index contributed by atoms with van der Waals surface area (Å²) < 4.78 is 27.1. The van der Waals surface area contributed by atoms with E-state index in [1.54, 1.807) is 0 Å². The van der Waals surface area contributed by atoms with Crippen molar-refractivity contribution in [2.24, 2.45) is 0 Å². The molecule has 0 saturated heterocycles. The molecule has 0 radical (unpaired) electrons. The molecule has 2 aromatic rings. The van der Waals surface area contributed by atoms with Gasteiger partial charge in [0.2, 0.25) is 5.43 Å². The first-order valence-corrected chi connectivity index (χ1v) is 4.78. The number of pyridine rings is 1. The summed E-state index contributed by atoms with van der Waals surface area (Å²) in [6, 6.07) is 1.41. The van der Waals surface area contributed by atoms with Crippen LogP contribution in [0, 0.1) is 11.6 Å². The molecule has 0 aliphatic rings. The van der Waals surface area contributed by atoms with Crippen LogP contribution in [0.15, 0.2) is 23.1 Å². The Morgan fingerprint density at radius 2 is 1.94 bits per heavy atom. The second-order valence-corrected chi connectivity index (χ2v) is 3.47. The van der Waals surface area contributed by atoms with Crippen LogP contribution in [0.3, 0.4) is 0 Å². The minimum absolute atomic E-state index is 0.0496. The van der Waals surface area contributed by atoms with Gasteiger partial charge in [0.1, 0.15) is 12.7 Å². The van der Waals surface area contributed by atoms with Crippen molar-refractivity contribution in [1.29, 1.82) is 0 Å². The molecule has 1 aromatic carbocycles. The molecule has 0 atom stereocenters. The average Bonchev–Trinajstić information content (AvgIpc) is 2.32. The van der Waals surface area contributed by atoms with Gasteiger partial charge in [0.05, 0.1) is 17.1 Å². The van der Waals surface area contributed by atoms with Crippen LogP contribution in [0.4, 0.5) is 8.78 Å². The van der Waals surface area contributed by atoms with E-state index in [0.717, 1.165) is 17.0 Å². The fourth-order valence-corrected chi connectivity index (χ4v) is 1.59. The monoisotopic (exact) mass is 255 g/mol. The fraction of sp³-hybridized carbons (Fsp3) is 0.0909. The molecular formula is C11H7F2NO4. The van der Waals surface area contributed by atoms with E-state index in [-0.39, 0.29) is 10.9 Å². The van der Waals surface area contributed by atoms with Crippen molar-refractivity contribution in [2.75, 3.05) is 7.11 Å². The highest BCUT2D eigenvalue weighted by atomic mass is 19.2. The summed E-state index contributed by atoms with van der Waals surface area (Å²) in [5.41, 5.74) is -1.54. The maximum atomic E-state index is 13.1. The first-order chi connectivity index (χ1) is 8.45. The maximum absolute atomic E-state index is 13.1. The first kappa shape index (κ1) is 12.0. The number of hydrogen-bond donors (Lipinski definition) is 1. The van der Waals surface area contributed by atoms with Gasteiger partial charge in [-0.3, -0.25) is 4.79 Å². The lowest BCUT2D eigenvalue weighted by atomic mass is 10.1. The second kappa shape index (κ2) is 4.10. The lowest BCUT2D eigenvalue weighted by Gasteiger charge is -2.10. The summed E-state index contributed by atoms with van der Waals surface area (Å²) >= 11 is 0. The molecule has 2 rings (SSSR count). The largest absolute Gasteiger partial charge is 0.477 e. The van der Waals surface area contributed by atoms with E-state index in [9.17, 15) is 18.4 Å². The predicted molar refractivity (Wildman–Crippen MR) is 57.6 cm³/mol. The third-order valence-corrected chi connectivity index (χ3v) is 2.44. The van der Waals surface area contributed by atoms with Crippen LogP contribution in [0.5, 0.6) is 0 Å².